The predicted molar refractivity (Wildman–Crippen MR) is 116 cm³/mol. The standard InChI is InChI=1S/C24H25N3O4/c1-4-19-16(8-6-10-22(28)29)7-5-9-20(19)24-27-26-23(31-24)17-11-12-21(30-15(2)3)18(13-17)14-25/h5,7,9,11-13,15H,4,6,8,10H2,1-3H3,(H,28,29). The molecule has 0 aliphatic heterocycles. The van der Waals surface area contributed by atoms with Crippen LogP contribution in [0.4, 0.5) is 0 Å². The van der Waals surface area contributed by atoms with Crippen molar-refractivity contribution in [2.45, 2.75) is 52.6 Å². The van der Waals surface area contributed by atoms with Crippen LogP contribution in [-0.4, -0.2) is 27.4 Å². The Morgan fingerprint density at radius 2 is 2.00 bits per heavy atom. The largest absolute Gasteiger partial charge is 0.490 e. The van der Waals surface area contributed by atoms with Gasteiger partial charge in [-0.1, -0.05) is 19.1 Å². The molecule has 1 heterocycles. The van der Waals surface area contributed by atoms with Crippen molar-refractivity contribution in [3.8, 4) is 34.7 Å². The number of carbonyl (C=O) groups is 1. The average molecular weight is 419 g/mol. The van der Waals surface area contributed by atoms with Gasteiger partial charge in [-0.3, -0.25) is 4.79 Å². The molecule has 0 atom stereocenters. The summed E-state index contributed by atoms with van der Waals surface area (Å²) in [7, 11) is 0. The van der Waals surface area contributed by atoms with Gasteiger partial charge in [0.2, 0.25) is 11.8 Å². The van der Waals surface area contributed by atoms with Crippen molar-refractivity contribution in [3.63, 3.8) is 0 Å². The maximum Gasteiger partial charge on any atom is 0.303 e. The highest BCUT2D eigenvalue weighted by atomic mass is 16.5. The molecular weight excluding hydrogens is 394 g/mol. The lowest BCUT2D eigenvalue weighted by molar-refractivity contribution is -0.137. The number of hydrogen-bond acceptors (Lipinski definition) is 6. The van der Waals surface area contributed by atoms with Crippen LogP contribution in [0, 0.1) is 11.3 Å². The first-order valence-corrected chi connectivity index (χ1v) is 10.3. The zero-order chi connectivity index (χ0) is 22.4. The number of nitriles is 1. The number of hydrogen-bond donors (Lipinski definition) is 1. The molecule has 0 fully saturated rings. The van der Waals surface area contributed by atoms with Crippen molar-refractivity contribution in [2.75, 3.05) is 0 Å². The molecule has 0 aliphatic rings. The molecule has 0 saturated heterocycles. The SMILES string of the molecule is CCc1c(CCCC(=O)O)cccc1-c1nnc(-c2ccc(OC(C)C)c(C#N)c2)o1. The topological polar surface area (TPSA) is 109 Å². The minimum Gasteiger partial charge on any atom is -0.490 e. The number of carboxylic acids is 1. The molecule has 0 amide bonds. The highest BCUT2D eigenvalue weighted by Crippen LogP contribution is 2.31. The Labute approximate surface area is 181 Å². The second-order valence-corrected chi connectivity index (χ2v) is 7.45. The van der Waals surface area contributed by atoms with Gasteiger partial charge in [0.1, 0.15) is 11.8 Å². The molecule has 3 rings (SSSR count). The van der Waals surface area contributed by atoms with E-state index in [0.717, 1.165) is 23.1 Å². The molecule has 0 unspecified atom stereocenters. The molecule has 1 N–H and O–H groups in total. The van der Waals surface area contributed by atoms with E-state index in [2.05, 4.69) is 16.3 Å². The van der Waals surface area contributed by atoms with Crippen molar-refractivity contribution < 1.29 is 19.1 Å². The van der Waals surface area contributed by atoms with Crippen molar-refractivity contribution in [1.29, 1.82) is 5.26 Å². The quantitative estimate of drug-likeness (QED) is 0.518. The van der Waals surface area contributed by atoms with Crippen molar-refractivity contribution in [3.05, 3.63) is 53.1 Å². The molecule has 3 aromatic rings. The average Bonchev–Trinajstić information content (AvgIpc) is 3.23. The number of aryl methyl sites for hydroxylation is 1. The fourth-order valence-electron chi connectivity index (χ4n) is 3.47. The van der Waals surface area contributed by atoms with Gasteiger partial charge in [0, 0.05) is 17.5 Å². The van der Waals surface area contributed by atoms with Crippen molar-refractivity contribution in [2.24, 2.45) is 0 Å². The third-order valence-corrected chi connectivity index (χ3v) is 4.83. The number of aliphatic carboxylic acids is 1. The van der Waals surface area contributed by atoms with Gasteiger partial charge in [-0.15, -0.1) is 10.2 Å². The molecule has 31 heavy (non-hydrogen) atoms. The predicted octanol–water partition coefficient (Wildman–Crippen LogP) is 5.03. The summed E-state index contributed by atoms with van der Waals surface area (Å²) in [4.78, 5) is 10.8. The monoisotopic (exact) mass is 419 g/mol. The Morgan fingerprint density at radius 3 is 2.68 bits per heavy atom. The summed E-state index contributed by atoms with van der Waals surface area (Å²) < 4.78 is 11.6. The van der Waals surface area contributed by atoms with E-state index in [9.17, 15) is 10.1 Å². The second-order valence-electron chi connectivity index (χ2n) is 7.45. The van der Waals surface area contributed by atoms with Crippen LogP contribution >= 0.6 is 0 Å². The highest BCUT2D eigenvalue weighted by molar-refractivity contribution is 5.67. The van der Waals surface area contributed by atoms with Gasteiger partial charge in [-0.25, -0.2) is 0 Å². The lowest BCUT2D eigenvalue weighted by Gasteiger charge is -2.11. The van der Waals surface area contributed by atoms with E-state index < -0.39 is 5.97 Å². The molecule has 7 nitrogen and oxygen atoms in total. The lowest BCUT2D eigenvalue weighted by atomic mass is 9.95. The van der Waals surface area contributed by atoms with Crippen LogP contribution in [0.1, 0.15) is 50.3 Å². The number of ether oxygens (including phenoxy) is 1. The number of nitrogens with zero attached hydrogens (tertiary/aromatic N) is 3. The van der Waals surface area contributed by atoms with E-state index in [1.54, 1.807) is 18.2 Å². The number of rotatable bonds is 9. The van der Waals surface area contributed by atoms with Gasteiger partial charge >= 0.3 is 5.97 Å². The van der Waals surface area contributed by atoms with Crippen molar-refractivity contribution >= 4 is 5.97 Å². The van der Waals surface area contributed by atoms with Gasteiger partial charge in [0.05, 0.1) is 11.7 Å². The van der Waals surface area contributed by atoms with Gasteiger partial charge in [0.25, 0.3) is 0 Å². The molecule has 0 saturated carbocycles. The van der Waals surface area contributed by atoms with Crippen LogP contribution in [0.3, 0.4) is 0 Å². The molecule has 0 radical (unpaired) electrons. The summed E-state index contributed by atoms with van der Waals surface area (Å²) in [6.45, 7) is 5.85. The first-order valence-electron chi connectivity index (χ1n) is 10.3. The first-order chi connectivity index (χ1) is 14.9. The minimum atomic E-state index is -0.794. The smallest absolute Gasteiger partial charge is 0.303 e. The Bertz CT molecular complexity index is 1110. The summed E-state index contributed by atoms with van der Waals surface area (Å²) >= 11 is 0. The Kier molecular flexibility index (Phi) is 7.03. The van der Waals surface area contributed by atoms with E-state index >= 15 is 0 Å². The summed E-state index contributed by atoms with van der Waals surface area (Å²) in [6.07, 6.45) is 2.10. The second kappa shape index (κ2) is 9.90. The van der Waals surface area contributed by atoms with Crippen LogP contribution in [0.25, 0.3) is 22.9 Å². The fourth-order valence-corrected chi connectivity index (χ4v) is 3.47. The van der Waals surface area contributed by atoms with Crippen LogP contribution in [-0.2, 0) is 17.6 Å². The molecule has 160 valence electrons. The Morgan fingerprint density at radius 1 is 1.23 bits per heavy atom. The van der Waals surface area contributed by atoms with E-state index in [1.807, 2.05) is 39.0 Å². The van der Waals surface area contributed by atoms with Crippen LogP contribution in [0.5, 0.6) is 5.75 Å². The molecule has 7 heteroatoms. The van der Waals surface area contributed by atoms with E-state index in [4.69, 9.17) is 14.3 Å². The zero-order valence-corrected chi connectivity index (χ0v) is 17.9. The summed E-state index contributed by atoms with van der Waals surface area (Å²) in [6, 6.07) is 13.2. The number of carboxylic acid groups (broad SMARTS) is 1. The number of aromatic nitrogens is 2. The van der Waals surface area contributed by atoms with E-state index in [1.165, 1.54) is 0 Å². The number of benzene rings is 2. The normalized spacial score (nSPS) is 10.8. The van der Waals surface area contributed by atoms with Crippen LogP contribution in [0.2, 0.25) is 0 Å². The van der Waals surface area contributed by atoms with E-state index in [-0.39, 0.29) is 12.5 Å². The third kappa shape index (κ3) is 5.28. The van der Waals surface area contributed by atoms with Crippen molar-refractivity contribution in [1.82, 2.24) is 10.2 Å². The lowest BCUT2D eigenvalue weighted by Crippen LogP contribution is -2.06. The van der Waals surface area contributed by atoms with Crippen LogP contribution < -0.4 is 4.74 Å². The summed E-state index contributed by atoms with van der Waals surface area (Å²) in [5.41, 5.74) is 4.04. The van der Waals surface area contributed by atoms with Crippen LogP contribution in [0.15, 0.2) is 40.8 Å². The molecule has 1 aromatic heterocycles. The maximum absolute atomic E-state index is 10.8. The molecule has 0 spiro atoms. The van der Waals surface area contributed by atoms with Gasteiger partial charge < -0.3 is 14.3 Å². The highest BCUT2D eigenvalue weighted by Gasteiger charge is 2.17. The first kappa shape index (κ1) is 22.0. The third-order valence-electron chi connectivity index (χ3n) is 4.83. The minimum absolute atomic E-state index is 0.0387. The molecule has 0 aliphatic carbocycles. The summed E-state index contributed by atoms with van der Waals surface area (Å²) in [5.74, 6) is 0.439. The van der Waals surface area contributed by atoms with Gasteiger partial charge in [-0.05, 0) is 68.5 Å². The van der Waals surface area contributed by atoms with Gasteiger partial charge in [-0.2, -0.15) is 5.26 Å². The summed E-state index contributed by atoms with van der Waals surface area (Å²) in [5, 5.41) is 26.8. The maximum atomic E-state index is 10.8. The molecule has 2 aromatic carbocycles. The fraction of sp³-hybridized carbons (Fsp3) is 0.333. The Hall–Kier alpha value is -3.66. The van der Waals surface area contributed by atoms with E-state index in [0.29, 0.717) is 41.5 Å². The molecular formula is C24H25N3O4. The van der Waals surface area contributed by atoms with Gasteiger partial charge in [0.15, 0.2) is 0 Å². The molecule has 0 bridgehead atoms. The zero-order valence-electron chi connectivity index (χ0n) is 17.9. The Balaban J connectivity index is 1.90.